The third kappa shape index (κ3) is 2.43. The van der Waals surface area contributed by atoms with Crippen molar-refractivity contribution in [2.24, 2.45) is 0 Å². The van der Waals surface area contributed by atoms with Gasteiger partial charge in [0.25, 0.3) is 0 Å². The van der Waals surface area contributed by atoms with Crippen LogP contribution in [0, 0.1) is 0 Å². The van der Waals surface area contributed by atoms with Gasteiger partial charge in [-0.25, -0.2) is 9.78 Å². The Morgan fingerprint density at radius 2 is 2.19 bits per heavy atom. The van der Waals surface area contributed by atoms with Crippen LogP contribution in [0.3, 0.4) is 0 Å². The van der Waals surface area contributed by atoms with Crippen LogP contribution in [0.4, 0.5) is 0 Å². The van der Waals surface area contributed by atoms with E-state index in [-0.39, 0.29) is 0 Å². The Morgan fingerprint density at radius 1 is 1.38 bits per heavy atom. The zero-order valence-corrected chi connectivity index (χ0v) is 9.97. The molecule has 1 aromatic heterocycles. The molecule has 2 aromatic rings. The number of rotatable bonds is 2. The van der Waals surface area contributed by atoms with Crippen LogP contribution in [0.5, 0.6) is 0 Å². The molecule has 1 heterocycles. The minimum Gasteiger partial charge on any atom is -0.290 e. The van der Waals surface area contributed by atoms with E-state index in [0.717, 1.165) is 5.56 Å². The van der Waals surface area contributed by atoms with Crippen LogP contribution >= 0.6 is 23.4 Å². The Bertz CT molecular complexity index is 570. The summed E-state index contributed by atoms with van der Waals surface area (Å²) in [5, 5.41) is 1.04. The normalized spacial score (nSPS) is 10.4. The number of H-pyrrole nitrogens is 1. The van der Waals surface area contributed by atoms with E-state index in [1.54, 1.807) is 18.2 Å². The summed E-state index contributed by atoms with van der Waals surface area (Å²) >= 11 is 7.19. The van der Waals surface area contributed by atoms with Crippen LogP contribution in [0.1, 0.15) is 0 Å². The predicted molar refractivity (Wildman–Crippen MR) is 64.9 cm³/mol. The number of aromatic amines is 1. The molecule has 16 heavy (non-hydrogen) atoms. The molecule has 0 amide bonds. The molecule has 0 fully saturated rings. The van der Waals surface area contributed by atoms with Crippen LogP contribution in [0.25, 0.3) is 11.4 Å². The molecule has 0 unspecified atom stereocenters. The fourth-order valence-corrected chi connectivity index (χ4v) is 1.78. The summed E-state index contributed by atoms with van der Waals surface area (Å²) < 4.78 is 0. The number of benzene rings is 1. The number of thioether (sulfide) groups is 1. The van der Waals surface area contributed by atoms with Gasteiger partial charge in [-0.2, -0.15) is 4.98 Å². The van der Waals surface area contributed by atoms with Gasteiger partial charge in [0.15, 0.2) is 5.16 Å². The first-order chi connectivity index (χ1) is 7.69. The quantitative estimate of drug-likeness (QED) is 0.834. The summed E-state index contributed by atoms with van der Waals surface area (Å²) in [5.74, 6) is 0.479. The first-order valence-corrected chi connectivity index (χ1v) is 6.07. The lowest BCUT2D eigenvalue weighted by molar-refractivity contribution is 0.872. The monoisotopic (exact) mass is 253 g/mol. The minimum absolute atomic E-state index is 0.408. The van der Waals surface area contributed by atoms with Gasteiger partial charge in [-0.1, -0.05) is 35.5 Å². The zero-order chi connectivity index (χ0) is 11.5. The third-order valence-electron chi connectivity index (χ3n) is 1.91. The van der Waals surface area contributed by atoms with Crippen molar-refractivity contribution in [2.75, 3.05) is 6.26 Å². The second kappa shape index (κ2) is 4.67. The molecule has 0 atom stereocenters. The van der Waals surface area contributed by atoms with Crippen molar-refractivity contribution in [1.29, 1.82) is 0 Å². The van der Waals surface area contributed by atoms with Crippen LogP contribution in [-0.4, -0.2) is 21.2 Å². The van der Waals surface area contributed by atoms with Crippen molar-refractivity contribution in [3.63, 3.8) is 0 Å². The standard InChI is InChI=1S/C10H8ClN3OS/c1-16-10-13-8(12-9(15)14-10)6-3-2-4-7(11)5-6/h2-5H,1H3,(H,12,13,14,15). The number of nitrogens with one attached hydrogen (secondary N) is 1. The largest absolute Gasteiger partial charge is 0.349 e. The van der Waals surface area contributed by atoms with Crippen molar-refractivity contribution in [3.8, 4) is 11.4 Å². The molecule has 0 saturated heterocycles. The van der Waals surface area contributed by atoms with Crippen molar-refractivity contribution < 1.29 is 0 Å². The van der Waals surface area contributed by atoms with Crippen LogP contribution < -0.4 is 5.69 Å². The summed E-state index contributed by atoms with van der Waals surface area (Å²) in [7, 11) is 0. The SMILES string of the molecule is CSc1nc(-c2cccc(Cl)c2)[nH]c(=O)n1. The Morgan fingerprint density at radius 3 is 2.88 bits per heavy atom. The Labute approximate surface area is 101 Å². The Hall–Kier alpha value is -1.33. The van der Waals surface area contributed by atoms with Crippen molar-refractivity contribution in [2.45, 2.75) is 5.16 Å². The minimum atomic E-state index is -0.408. The van der Waals surface area contributed by atoms with Gasteiger partial charge in [-0.05, 0) is 18.4 Å². The maximum Gasteiger partial charge on any atom is 0.349 e. The smallest absolute Gasteiger partial charge is 0.290 e. The van der Waals surface area contributed by atoms with Crippen molar-refractivity contribution in [1.82, 2.24) is 15.0 Å². The number of hydrogen-bond acceptors (Lipinski definition) is 4. The van der Waals surface area contributed by atoms with E-state index in [1.807, 2.05) is 12.3 Å². The fourth-order valence-electron chi connectivity index (χ4n) is 1.23. The van der Waals surface area contributed by atoms with E-state index < -0.39 is 5.69 Å². The maximum absolute atomic E-state index is 11.3. The first kappa shape index (κ1) is 11.2. The lowest BCUT2D eigenvalue weighted by atomic mass is 10.2. The Balaban J connectivity index is 2.55. The highest BCUT2D eigenvalue weighted by Crippen LogP contribution is 2.19. The van der Waals surface area contributed by atoms with Crippen molar-refractivity contribution >= 4 is 23.4 Å². The summed E-state index contributed by atoms with van der Waals surface area (Å²) in [6, 6.07) is 7.13. The van der Waals surface area contributed by atoms with Gasteiger partial charge in [0.1, 0.15) is 5.82 Å². The van der Waals surface area contributed by atoms with E-state index in [1.165, 1.54) is 11.8 Å². The second-order valence-electron chi connectivity index (χ2n) is 3.00. The third-order valence-corrected chi connectivity index (χ3v) is 2.69. The van der Waals surface area contributed by atoms with E-state index in [0.29, 0.717) is 16.0 Å². The molecule has 6 heteroatoms. The van der Waals surface area contributed by atoms with Crippen LogP contribution in [-0.2, 0) is 0 Å². The predicted octanol–water partition coefficient (Wildman–Crippen LogP) is 2.21. The molecule has 82 valence electrons. The van der Waals surface area contributed by atoms with E-state index in [4.69, 9.17) is 11.6 Å². The summed E-state index contributed by atoms with van der Waals surface area (Å²) in [4.78, 5) is 21.8. The number of aromatic nitrogens is 3. The molecule has 0 aliphatic carbocycles. The zero-order valence-electron chi connectivity index (χ0n) is 8.40. The van der Waals surface area contributed by atoms with Gasteiger partial charge >= 0.3 is 5.69 Å². The number of nitrogens with zero attached hydrogens (tertiary/aromatic N) is 2. The van der Waals surface area contributed by atoms with Gasteiger partial charge in [0.05, 0.1) is 0 Å². The molecular formula is C10H8ClN3OS. The molecule has 0 saturated carbocycles. The molecule has 0 bridgehead atoms. The van der Waals surface area contributed by atoms with E-state index in [9.17, 15) is 4.79 Å². The molecule has 2 rings (SSSR count). The molecule has 0 spiro atoms. The molecule has 0 radical (unpaired) electrons. The van der Waals surface area contributed by atoms with Crippen LogP contribution in [0.15, 0.2) is 34.2 Å². The summed E-state index contributed by atoms with van der Waals surface area (Å²) in [6.45, 7) is 0. The second-order valence-corrected chi connectivity index (χ2v) is 4.21. The first-order valence-electron chi connectivity index (χ1n) is 4.47. The van der Waals surface area contributed by atoms with Crippen molar-refractivity contribution in [3.05, 3.63) is 39.8 Å². The highest BCUT2D eigenvalue weighted by molar-refractivity contribution is 7.98. The highest BCUT2D eigenvalue weighted by atomic mass is 35.5. The lowest BCUT2D eigenvalue weighted by Gasteiger charge is -2.01. The van der Waals surface area contributed by atoms with Gasteiger partial charge in [0, 0.05) is 10.6 Å². The lowest BCUT2D eigenvalue weighted by Crippen LogP contribution is -2.13. The summed E-state index contributed by atoms with van der Waals surface area (Å²) in [5.41, 5.74) is 0.358. The van der Waals surface area contributed by atoms with Crippen LogP contribution in [0.2, 0.25) is 5.02 Å². The molecule has 0 aliphatic heterocycles. The fraction of sp³-hybridized carbons (Fsp3) is 0.100. The molecular weight excluding hydrogens is 246 g/mol. The topological polar surface area (TPSA) is 58.6 Å². The molecule has 1 N–H and O–H groups in total. The average Bonchev–Trinajstić information content (AvgIpc) is 2.28. The van der Waals surface area contributed by atoms with Gasteiger partial charge in [-0.3, -0.25) is 4.98 Å². The molecule has 1 aromatic carbocycles. The summed E-state index contributed by atoms with van der Waals surface area (Å²) in [6.07, 6.45) is 1.82. The van der Waals surface area contributed by atoms with Gasteiger partial charge < -0.3 is 0 Å². The Kier molecular flexibility index (Phi) is 3.26. The number of hydrogen-bond donors (Lipinski definition) is 1. The van der Waals surface area contributed by atoms with Gasteiger partial charge in [0.2, 0.25) is 0 Å². The highest BCUT2D eigenvalue weighted by Gasteiger charge is 2.04. The van der Waals surface area contributed by atoms with Gasteiger partial charge in [-0.15, -0.1) is 0 Å². The maximum atomic E-state index is 11.3. The average molecular weight is 254 g/mol. The molecule has 0 aliphatic rings. The number of halogens is 1. The van der Waals surface area contributed by atoms with E-state index >= 15 is 0 Å². The van der Waals surface area contributed by atoms with E-state index in [2.05, 4.69) is 15.0 Å². The molecule has 4 nitrogen and oxygen atoms in total.